The molecule has 2 rings (SSSR count). The van der Waals surface area contributed by atoms with Gasteiger partial charge in [0.15, 0.2) is 16.6 Å². The van der Waals surface area contributed by atoms with Crippen molar-refractivity contribution < 1.29 is 28.7 Å². The van der Waals surface area contributed by atoms with E-state index in [1.807, 2.05) is 0 Å². The van der Waals surface area contributed by atoms with Crippen LogP contribution in [0, 0.1) is 11.8 Å². The topological polar surface area (TPSA) is 93.1 Å². The monoisotopic (exact) mass is 516 g/mol. The van der Waals surface area contributed by atoms with Gasteiger partial charge in [-0.2, -0.15) is 0 Å². The summed E-state index contributed by atoms with van der Waals surface area (Å²) in [5.74, 6) is -1.57. The van der Waals surface area contributed by atoms with E-state index in [4.69, 9.17) is 19.1 Å². The minimum Gasteiger partial charge on any atom is -0.481 e. The van der Waals surface area contributed by atoms with Gasteiger partial charge in [0.25, 0.3) is 0 Å². The second kappa shape index (κ2) is 12.0. The molecule has 200 valence electrons. The normalized spacial score (nSPS) is 26.9. The van der Waals surface area contributed by atoms with Crippen LogP contribution in [0.2, 0.25) is 36.3 Å². The lowest BCUT2D eigenvalue weighted by Crippen LogP contribution is -2.45. The number of hydrogen-bond donors (Lipinski definition) is 2. The fraction of sp³-hybridized carbons (Fsp3) is 0.923. The molecule has 2 saturated carbocycles. The van der Waals surface area contributed by atoms with Crippen LogP contribution in [0.4, 0.5) is 0 Å². The van der Waals surface area contributed by atoms with Crippen molar-refractivity contribution in [2.45, 2.75) is 141 Å². The molecular formula is C26H52O6Si2. The van der Waals surface area contributed by atoms with Crippen LogP contribution < -0.4 is 0 Å². The Bertz CT molecular complexity index is 604. The van der Waals surface area contributed by atoms with E-state index in [1.54, 1.807) is 0 Å². The van der Waals surface area contributed by atoms with Crippen LogP contribution >= 0.6 is 0 Å². The van der Waals surface area contributed by atoms with Crippen LogP contribution in [0.5, 0.6) is 0 Å². The molecular weight excluding hydrogens is 464 g/mol. The highest BCUT2D eigenvalue weighted by atomic mass is 28.4. The number of rotatable bonds is 6. The van der Waals surface area contributed by atoms with Crippen molar-refractivity contribution in [1.29, 1.82) is 0 Å². The first-order chi connectivity index (χ1) is 15.3. The van der Waals surface area contributed by atoms with Crippen LogP contribution in [0.25, 0.3) is 0 Å². The van der Waals surface area contributed by atoms with Crippen LogP contribution in [0.3, 0.4) is 0 Å². The van der Waals surface area contributed by atoms with Crippen LogP contribution in [-0.4, -0.2) is 51.0 Å². The fourth-order valence-corrected chi connectivity index (χ4v) is 6.89. The molecule has 2 fully saturated rings. The molecule has 0 bridgehead atoms. The molecule has 0 atom stereocenters. The summed E-state index contributed by atoms with van der Waals surface area (Å²) in [5, 5.41) is 18.4. The Balaban J connectivity index is 0.000000340. The number of hydrogen-bond acceptors (Lipinski definition) is 4. The maximum absolute atomic E-state index is 10.9. The van der Waals surface area contributed by atoms with Gasteiger partial charge in [-0.15, -0.1) is 0 Å². The average Bonchev–Trinajstić information content (AvgIpc) is 2.67. The number of aliphatic carboxylic acids is 2. The molecule has 8 heteroatoms. The smallest absolute Gasteiger partial charge is 0.306 e. The maximum Gasteiger partial charge on any atom is 0.306 e. The quantitative estimate of drug-likeness (QED) is 0.360. The Morgan fingerprint density at radius 2 is 0.824 bits per heavy atom. The number of carbonyl (C=O) groups is 2. The zero-order chi connectivity index (χ0) is 26.5. The van der Waals surface area contributed by atoms with Crippen LogP contribution in [-0.2, 0) is 18.4 Å². The number of carboxylic acids is 2. The second-order valence-electron chi connectivity index (χ2n) is 13.4. The highest BCUT2D eigenvalue weighted by molar-refractivity contribution is 6.74. The van der Waals surface area contributed by atoms with Gasteiger partial charge in [0, 0.05) is 12.2 Å². The van der Waals surface area contributed by atoms with Crippen molar-refractivity contribution >= 4 is 28.6 Å². The second-order valence-corrected chi connectivity index (χ2v) is 22.9. The molecule has 0 heterocycles. The Morgan fingerprint density at radius 3 is 1.00 bits per heavy atom. The van der Waals surface area contributed by atoms with Crippen molar-refractivity contribution in [2.24, 2.45) is 11.8 Å². The van der Waals surface area contributed by atoms with Gasteiger partial charge in [-0.05, 0) is 87.6 Å². The third-order valence-corrected chi connectivity index (χ3v) is 17.7. The molecule has 2 N–H and O–H groups in total. The molecule has 0 amide bonds. The van der Waals surface area contributed by atoms with E-state index >= 15 is 0 Å². The summed E-state index contributed by atoms with van der Waals surface area (Å²) < 4.78 is 12.6. The number of carboxylic acid groups (broad SMARTS) is 2. The maximum atomic E-state index is 10.9. The van der Waals surface area contributed by atoms with Crippen molar-refractivity contribution in [3.8, 4) is 0 Å². The standard InChI is InChI=1S/2C13H26O3Si/c2*1-13(2,3)17(4,5)16-11-8-6-10(7-9-11)12(14)15/h2*10-11H,6-9H2,1-5H3,(H,14,15). The summed E-state index contributed by atoms with van der Waals surface area (Å²) in [5.41, 5.74) is 0. The lowest BCUT2D eigenvalue weighted by molar-refractivity contribution is -0.144. The Labute approximate surface area is 210 Å². The minimum absolute atomic E-state index is 0.144. The summed E-state index contributed by atoms with van der Waals surface area (Å²) in [4.78, 5) is 21.7. The Kier molecular flexibility index (Phi) is 11.1. The highest BCUT2D eigenvalue weighted by Gasteiger charge is 2.41. The molecule has 0 aromatic heterocycles. The molecule has 0 saturated heterocycles. The van der Waals surface area contributed by atoms with E-state index in [0.29, 0.717) is 0 Å². The molecule has 2 aliphatic rings. The Hall–Kier alpha value is -0.706. The van der Waals surface area contributed by atoms with Crippen molar-refractivity contribution in [1.82, 2.24) is 0 Å². The first kappa shape index (κ1) is 31.3. The third kappa shape index (κ3) is 9.39. The summed E-state index contributed by atoms with van der Waals surface area (Å²) in [6.45, 7) is 22.5. The first-order valence-electron chi connectivity index (χ1n) is 13.1. The van der Waals surface area contributed by atoms with Crippen molar-refractivity contribution in [3.05, 3.63) is 0 Å². The van der Waals surface area contributed by atoms with Gasteiger partial charge in [0.1, 0.15) is 0 Å². The van der Waals surface area contributed by atoms with Crippen LogP contribution in [0.15, 0.2) is 0 Å². The van der Waals surface area contributed by atoms with E-state index in [-0.39, 0.29) is 34.1 Å². The van der Waals surface area contributed by atoms with E-state index < -0.39 is 28.6 Å². The van der Waals surface area contributed by atoms with Crippen molar-refractivity contribution in [3.63, 3.8) is 0 Å². The zero-order valence-electron chi connectivity index (χ0n) is 23.5. The highest BCUT2D eigenvalue weighted by Crippen LogP contribution is 2.40. The van der Waals surface area contributed by atoms with Gasteiger partial charge in [0.2, 0.25) is 0 Å². The molecule has 0 aromatic carbocycles. The molecule has 2 aliphatic carbocycles. The average molecular weight is 517 g/mol. The van der Waals surface area contributed by atoms with Gasteiger partial charge in [-0.1, -0.05) is 41.5 Å². The summed E-state index contributed by atoms with van der Waals surface area (Å²) in [6, 6.07) is 0. The van der Waals surface area contributed by atoms with Crippen LogP contribution in [0.1, 0.15) is 92.9 Å². The predicted molar refractivity (Wildman–Crippen MR) is 143 cm³/mol. The molecule has 34 heavy (non-hydrogen) atoms. The molecule has 0 unspecified atom stereocenters. The summed E-state index contributed by atoms with van der Waals surface area (Å²) in [6.07, 6.45) is 7.28. The minimum atomic E-state index is -1.69. The molecule has 0 aromatic rings. The Morgan fingerprint density at radius 1 is 0.588 bits per heavy atom. The third-order valence-electron chi connectivity index (χ3n) is 8.58. The predicted octanol–water partition coefficient (Wildman–Crippen LogP) is 7.30. The van der Waals surface area contributed by atoms with Gasteiger partial charge in [-0.3, -0.25) is 9.59 Å². The van der Waals surface area contributed by atoms with Gasteiger partial charge in [0.05, 0.1) is 11.8 Å². The van der Waals surface area contributed by atoms with Gasteiger partial charge >= 0.3 is 11.9 Å². The first-order valence-corrected chi connectivity index (χ1v) is 18.9. The van der Waals surface area contributed by atoms with Gasteiger partial charge in [-0.25, -0.2) is 0 Å². The molecule has 0 spiro atoms. The van der Waals surface area contributed by atoms with E-state index in [0.717, 1.165) is 51.4 Å². The van der Waals surface area contributed by atoms with Gasteiger partial charge < -0.3 is 19.1 Å². The van der Waals surface area contributed by atoms with E-state index in [1.165, 1.54) is 0 Å². The summed E-state index contributed by atoms with van der Waals surface area (Å²) in [7, 11) is -3.38. The van der Waals surface area contributed by atoms with E-state index in [2.05, 4.69) is 67.7 Å². The molecule has 6 nitrogen and oxygen atoms in total. The SMILES string of the molecule is CC(C)(C)[Si](C)(C)OC1CCC(C(=O)O)CC1.CC(C)(C)[Si](C)(C)OC1CCC(C(=O)O)CC1. The molecule has 0 radical (unpaired) electrons. The zero-order valence-corrected chi connectivity index (χ0v) is 25.5. The van der Waals surface area contributed by atoms with E-state index in [9.17, 15) is 9.59 Å². The van der Waals surface area contributed by atoms with Crippen molar-refractivity contribution in [2.75, 3.05) is 0 Å². The molecule has 0 aliphatic heterocycles. The fourth-order valence-electron chi connectivity index (χ4n) is 4.04. The summed E-state index contributed by atoms with van der Waals surface area (Å²) >= 11 is 0. The lowest BCUT2D eigenvalue weighted by Gasteiger charge is -2.40. The lowest BCUT2D eigenvalue weighted by atomic mass is 9.88. The largest absolute Gasteiger partial charge is 0.481 e.